The van der Waals surface area contributed by atoms with Crippen LogP contribution in [0.2, 0.25) is 15.1 Å². The number of carbonyl (C=O) groups is 3. The van der Waals surface area contributed by atoms with Crippen LogP contribution in [0.4, 0.5) is 10.5 Å². The second-order valence-corrected chi connectivity index (χ2v) is 10.2. The van der Waals surface area contributed by atoms with E-state index in [1.807, 2.05) is 37.3 Å². The summed E-state index contributed by atoms with van der Waals surface area (Å²) in [4.78, 5) is 37.7. The van der Waals surface area contributed by atoms with Crippen LogP contribution < -0.4 is 21.3 Å². The van der Waals surface area contributed by atoms with Crippen molar-refractivity contribution in [3.8, 4) is 0 Å². The van der Waals surface area contributed by atoms with Crippen LogP contribution in [0.15, 0.2) is 54.6 Å². The number of benzene rings is 3. The summed E-state index contributed by atoms with van der Waals surface area (Å²) in [6.07, 6.45) is 1.87. The van der Waals surface area contributed by atoms with E-state index in [1.54, 1.807) is 6.07 Å². The molecule has 0 heterocycles. The highest BCUT2D eigenvalue weighted by Gasteiger charge is 2.23. The summed E-state index contributed by atoms with van der Waals surface area (Å²) >= 11 is 18.8. The summed E-state index contributed by atoms with van der Waals surface area (Å²) in [6.45, 7) is 2.24. The van der Waals surface area contributed by atoms with Gasteiger partial charge in [-0.05, 0) is 60.2 Å². The lowest BCUT2D eigenvalue weighted by atomic mass is 10.1. The Morgan fingerprint density at radius 2 is 1.68 bits per heavy atom. The third-order valence-electron chi connectivity index (χ3n) is 6.33. The Kier molecular flexibility index (Phi) is 9.15. The van der Waals surface area contributed by atoms with Crippen LogP contribution in [0, 0.1) is 6.92 Å². The van der Waals surface area contributed by atoms with Crippen LogP contribution >= 0.6 is 34.8 Å². The molecule has 0 fully saturated rings. The number of anilines is 1. The van der Waals surface area contributed by atoms with E-state index in [1.165, 1.54) is 17.7 Å². The third kappa shape index (κ3) is 6.78. The minimum atomic E-state index is -0.520. The largest absolute Gasteiger partial charge is 0.350 e. The van der Waals surface area contributed by atoms with Crippen molar-refractivity contribution in [2.24, 2.45) is 0 Å². The summed E-state index contributed by atoms with van der Waals surface area (Å²) in [6, 6.07) is 16.1. The smallest absolute Gasteiger partial charge is 0.315 e. The van der Waals surface area contributed by atoms with E-state index >= 15 is 0 Å². The van der Waals surface area contributed by atoms with Crippen LogP contribution in [0.3, 0.4) is 0 Å². The van der Waals surface area contributed by atoms with Crippen LogP contribution in [-0.2, 0) is 17.6 Å². The summed E-state index contributed by atoms with van der Waals surface area (Å²) in [7, 11) is 0. The fourth-order valence-corrected chi connectivity index (χ4v) is 5.13. The molecule has 0 saturated heterocycles. The van der Waals surface area contributed by atoms with Crippen molar-refractivity contribution in [2.45, 2.75) is 32.2 Å². The highest BCUT2D eigenvalue weighted by molar-refractivity contribution is 6.41. The first-order chi connectivity index (χ1) is 18.2. The molecule has 1 aliphatic rings. The first kappa shape index (κ1) is 27.8. The Hall–Kier alpha value is -3.26. The lowest BCUT2D eigenvalue weighted by Crippen LogP contribution is -2.41. The molecular formula is C28H27Cl3N4O3. The lowest BCUT2D eigenvalue weighted by Gasteiger charge is -2.15. The van der Waals surface area contributed by atoms with Crippen molar-refractivity contribution in [1.82, 2.24) is 16.0 Å². The molecule has 7 nitrogen and oxygen atoms in total. The standard InChI is InChI=1S/C28H27Cl3N4O3/c1-16-6-7-17(14-21(16)30)15-24(36)34-23-11-9-20(29)25(26(23)31)27(37)32-12-13-33-28(38)35-22-10-8-18-4-2-3-5-19(18)22/h2-7,9,11,14,22H,8,10,12-13,15H2,1H3,(H,32,37)(H,34,36)(H2,33,35,38)/t22-/m1/s1. The van der Waals surface area contributed by atoms with Gasteiger partial charge in [-0.2, -0.15) is 0 Å². The zero-order chi connectivity index (χ0) is 27.2. The summed E-state index contributed by atoms with van der Waals surface area (Å²) in [5, 5.41) is 11.9. The molecule has 38 heavy (non-hydrogen) atoms. The van der Waals surface area contributed by atoms with Crippen LogP contribution in [0.25, 0.3) is 0 Å². The maximum Gasteiger partial charge on any atom is 0.315 e. The van der Waals surface area contributed by atoms with Gasteiger partial charge in [-0.15, -0.1) is 0 Å². The Balaban J connectivity index is 1.28. The minimum absolute atomic E-state index is 0.0240. The third-order valence-corrected chi connectivity index (χ3v) is 7.44. The number of carbonyl (C=O) groups excluding carboxylic acids is 3. The van der Waals surface area contributed by atoms with Gasteiger partial charge in [-0.1, -0.05) is 71.2 Å². The summed E-state index contributed by atoms with van der Waals surface area (Å²) in [5.41, 5.74) is 4.35. The molecule has 198 valence electrons. The Morgan fingerprint density at radius 3 is 2.47 bits per heavy atom. The average Bonchev–Trinajstić information content (AvgIpc) is 3.28. The fraction of sp³-hybridized carbons (Fsp3) is 0.250. The molecule has 10 heteroatoms. The number of hydrogen-bond acceptors (Lipinski definition) is 3. The quantitative estimate of drug-likeness (QED) is 0.254. The van der Waals surface area contributed by atoms with Gasteiger partial charge in [0.25, 0.3) is 5.91 Å². The van der Waals surface area contributed by atoms with Crippen molar-refractivity contribution in [1.29, 1.82) is 0 Å². The monoisotopic (exact) mass is 572 g/mol. The van der Waals surface area contributed by atoms with Crippen molar-refractivity contribution in [3.63, 3.8) is 0 Å². The first-order valence-corrected chi connectivity index (χ1v) is 13.3. The molecule has 0 spiro atoms. The van der Waals surface area contributed by atoms with E-state index in [-0.39, 0.29) is 58.8 Å². The number of amides is 4. The first-order valence-electron chi connectivity index (χ1n) is 12.2. The van der Waals surface area contributed by atoms with Gasteiger partial charge in [0.2, 0.25) is 5.91 Å². The minimum Gasteiger partial charge on any atom is -0.350 e. The normalized spacial score (nSPS) is 13.9. The van der Waals surface area contributed by atoms with Gasteiger partial charge in [0.1, 0.15) is 0 Å². The highest BCUT2D eigenvalue weighted by atomic mass is 35.5. The van der Waals surface area contributed by atoms with Gasteiger partial charge in [0.05, 0.1) is 33.8 Å². The van der Waals surface area contributed by atoms with Crippen molar-refractivity contribution in [3.05, 3.63) is 97.5 Å². The molecule has 3 aromatic carbocycles. The Morgan fingerprint density at radius 1 is 0.921 bits per heavy atom. The molecule has 0 aromatic heterocycles. The molecule has 0 bridgehead atoms. The zero-order valence-corrected chi connectivity index (χ0v) is 22.9. The van der Waals surface area contributed by atoms with E-state index in [0.29, 0.717) is 5.02 Å². The Labute approximate surface area is 236 Å². The van der Waals surface area contributed by atoms with Crippen molar-refractivity contribution >= 4 is 58.3 Å². The van der Waals surface area contributed by atoms with Crippen LogP contribution in [0.1, 0.15) is 45.1 Å². The highest BCUT2D eigenvalue weighted by Crippen LogP contribution is 2.32. The summed E-state index contributed by atoms with van der Waals surface area (Å²) < 4.78 is 0. The number of fused-ring (bicyclic) bond motifs is 1. The SMILES string of the molecule is Cc1ccc(CC(=O)Nc2ccc(Cl)c(C(=O)NCCNC(=O)N[C@@H]3CCc4ccccc43)c2Cl)cc1Cl. The van der Waals surface area contributed by atoms with Crippen molar-refractivity contribution in [2.75, 3.05) is 18.4 Å². The molecule has 0 unspecified atom stereocenters. The van der Waals surface area contributed by atoms with Gasteiger partial charge in [-0.3, -0.25) is 9.59 Å². The molecule has 0 aliphatic heterocycles. The molecular weight excluding hydrogens is 547 g/mol. The number of hydrogen-bond donors (Lipinski definition) is 4. The predicted molar refractivity (Wildman–Crippen MR) is 151 cm³/mol. The maximum absolute atomic E-state index is 12.8. The second-order valence-electron chi connectivity index (χ2n) is 9.04. The Bertz CT molecular complexity index is 1380. The van der Waals surface area contributed by atoms with E-state index in [9.17, 15) is 14.4 Å². The van der Waals surface area contributed by atoms with Crippen molar-refractivity contribution < 1.29 is 14.4 Å². The topological polar surface area (TPSA) is 99.3 Å². The number of aryl methyl sites for hydroxylation is 2. The average molecular weight is 574 g/mol. The van der Waals surface area contributed by atoms with Crippen LogP contribution in [-0.4, -0.2) is 30.9 Å². The van der Waals surface area contributed by atoms with E-state index in [2.05, 4.69) is 27.3 Å². The maximum atomic E-state index is 12.8. The fourth-order valence-electron chi connectivity index (χ4n) is 4.34. The van der Waals surface area contributed by atoms with Gasteiger partial charge in [0, 0.05) is 18.1 Å². The number of halogens is 3. The van der Waals surface area contributed by atoms with Gasteiger partial charge >= 0.3 is 6.03 Å². The van der Waals surface area contributed by atoms with E-state index in [4.69, 9.17) is 34.8 Å². The lowest BCUT2D eigenvalue weighted by molar-refractivity contribution is -0.115. The zero-order valence-electron chi connectivity index (χ0n) is 20.7. The molecule has 4 rings (SSSR count). The van der Waals surface area contributed by atoms with Gasteiger partial charge in [-0.25, -0.2) is 4.79 Å². The molecule has 4 amide bonds. The molecule has 1 aliphatic carbocycles. The molecule has 3 aromatic rings. The molecule has 1 atom stereocenters. The molecule has 0 radical (unpaired) electrons. The van der Waals surface area contributed by atoms with E-state index in [0.717, 1.165) is 29.5 Å². The van der Waals surface area contributed by atoms with Gasteiger partial charge < -0.3 is 21.3 Å². The predicted octanol–water partition coefficient (Wildman–Crippen LogP) is 5.85. The number of nitrogens with one attached hydrogen (secondary N) is 4. The van der Waals surface area contributed by atoms with Crippen LogP contribution in [0.5, 0.6) is 0 Å². The summed E-state index contributed by atoms with van der Waals surface area (Å²) in [5.74, 6) is -0.839. The second kappa shape index (κ2) is 12.5. The van der Waals surface area contributed by atoms with E-state index < -0.39 is 5.91 Å². The number of urea groups is 1. The van der Waals surface area contributed by atoms with Gasteiger partial charge in [0.15, 0.2) is 0 Å². The molecule has 0 saturated carbocycles. The molecule has 4 N–H and O–H groups in total. The number of rotatable bonds is 8.